The number of ether oxygens (including phenoxy) is 1. The van der Waals surface area contributed by atoms with Gasteiger partial charge in [0.15, 0.2) is 0 Å². The van der Waals surface area contributed by atoms with E-state index in [9.17, 15) is 13.6 Å². The molecule has 0 aliphatic carbocycles. The lowest BCUT2D eigenvalue weighted by atomic mass is 10.2. The van der Waals surface area contributed by atoms with Gasteiger partial charge in [-0.2, -0.15) is 8.78 Å². The first-order valence-electron chi connectivity index (χ1n) is 7.97. The second-order valence-electron chi connectivity index (χ2n) is 5.94. The Morgan fingerprint density at radius 2 is 1.96 bits per heavy atom. The van der Waals surface area contributed by atoms with Gasteiger partial charge in [0.25, 0.3) is 0 Å². The first-order chi connectivity index (χ1) is 11.1. The highest BCUT2D eigenvalue weighted by molar-refractivity contribution is 5.91. The lowest BCUT2D eigenvalue weighted by Crippen LogP contribution is -2.38. The largest absolute Gasteiger partial charge is 0.433 e. The van der Waals surface area contributed by atoms with Crippen molar-refractivity contribution in [1.29, 1.82) is 0 Å². The lowest BCUT2D eigenvalue weighted by Gasteiger charge is -2.24. The average molecular weight is 325 g/mol. The minimum atomic E-state index is -2.92. The van der Waals surface area contributed by atoms with Crippen LogP contribution in [0.25, 0.3) is 0 Å². The van der Waals surface area contributed by atoms with Gasteiger partial charge in [-0.15, -0.1) is 0 Å². The van der Waals surface area contributed by atoms with Gasteiger partial charge < -0.3 is 15.0 Å². The average Bonchev–Trinajstić information content (AvgIpc) is 3.19. The van der Waals surface area contributed by atoms with E-state index in [2.05, 4.69) is 15.0 Å². The van der Waals surface area contributed by atoms with Gasteiger partial charge in [-0.1, -0.05) is 12.1 Å². The molecule has 2 aliphatic heterocycles. The zero-order chi connectivity index (χ0) is 16.2. The molecule has 1 atom stereocenters. The predicted octanol–water partition coefficient (Wildman–Crippen LogP) is 2.99. The van der Waals surface area contributed by atoms with Gasteiger partial charge in [-0.05, 0) is 44.5 Å². The molecule has 0 radical (unpaired) electrons. The van der Waals surface area contributed by atoms with Gasteiger partial charge in [0.1, 0.15) is 5.75 Å². The number of rotatable bonds is 4. The molecule has 7 heteroatoms. The van der Waals surface area contributed by atoms with Crippen molar-refractivity contribution in [2.45, 2.75) is 31.9 Å². The molecule has 5 nitrogen and oxygen atoms in total. The Morgan fingerprint density at radius 1 is 1.22 bits per heavy atom. The summed E-state index contributed by atoms with van der Waals surface area (Å²) in [5, 5.41) is 2.68. The van der Waals surface area contributed by atoms with Gasteiger partial charge in [0, 0.05) is 19.1 Å². The van der Waals surface area contributed by atoms with Gasteiger partial charge in [0.2, 0.25) is 0 Å². The fourth-order valence-corrected chi connectivity index (χ4v) is 3.29. The number of urea groups is 1. The predicted molar refractivity (Wildman–Crippen MR) is 82.9 cm³/mol. The van der Waals surface area contributed by atoms with Crippen LogP contribution in [-0.4, -0.2) is 54.7 Å². The summed E-state index contributed by atoms with van der Waals surface area (Å²) in [4.78, 5) is 16.5. The Bertz CT molecular complexity index is 550. The first-order valence-corrected chi connectivity index (χ1v) is 7.97. The Kier molecular flexibility index (Phi) is 4.95. The maximum Gasteiger partial charge on any atom is 0.387 e. The van der Waals surface area contributed by atoms with Crippen LogP contribution in [0, 0.1) is 0 Å². The van der Waals surface area contributed by atoms with Crippen molar-refractivity contribution in [2.24, 2.45) is 0 Å². The van der Waals surface area contributed by atoms with Crippen LogP contribution >= 0.6 is 0 Å². The van der Waals surface area contributed by atoms with Gasteiger partial charge >= 0.3 is 12.6 Å². The molecule has 0 bridgehead atoms. The smallest absolute Gasteiger partial charge is 0.387 e. The van der Waals surface area contributed by atoms with Crippen molar-refractivity contribution in [3.63, 3.8) is 0 Å². The van der Waals surface area contributed by atoms with E-state index < -0.39 is 6.61 Å². The summed E-state index contributed by atoms with van der Waals surface area (Å²) in [5.41, 5.74) is 0.266. The summed E-state index contributed by atoms with van der Waals surface area (Å²) in [5.74, 6) is -0.0221. The van der Waals surface area contributed by atoms with Crippen LogP contribution in [0.4, 0.5) is 19.3 Å². The van der Waals surface area contributed by atoms with Gasteiger partial charge in [-0.25, -0.2) is 4.79 Å². The number of nitrogens with zero attached hydrogens (tertiary/aromatic N) is 2. The summed E-state index contributed by atoms with van der Waals surface area (Å²) in [6.07, 6.45) is 3.41. The maximum absolute atomic E-state index is 12.4. The van der Waals surface area contributed by atoms with E-state index in [0.717, 1.165) is 19.5 Å². The third-order valence-electron chi connectivity index (χ3n) is 4.45. The minimum absolute atomic E-state index is 0.0221. The van der Waals surface area contributed by atoms with Crippen LogP contribution in [0.15, 0.2) is 24.3 Å². The maximum atomic E-state index is 12.4. The fraction of sp³-hybridized carbons (Fsp3) is 0.562. The summed E-state index contributed by atoms with van der Waals surface area (Å²) >= 11 is 0. The highest BCUT2D eigenvalue weighted by atomic mass is 19.3. The Morgan fingerprint density at radius 3 is 2.70 bits per heavy atom. The fourth-order valence-electron chi connectivity index (χ4n) is 3.29. The number of anilines is 1. The number of likely N-dealkylation sites (tertiary alicyclic amines) is 2. The van der Waals surface area contributed by atoms with Crippen molar-refractivity contribution in [3.8, 4) is 5.75 Å². The lowest BCUT2D eigenvalue weighted by molar-refractivity contribution is -0.0493. The highest BCUT2D eigenvalue weighted by Crippen LogP contribution is 2.27. The van der Waals surface area contributed by atoms with Crippen LogP contribution in [-0.2, 0) is 0 Å². The van der Waals surface area contributed by atoms with Crippen LogP contribution in [0.3, 0.4) is 0 Å². The van der Waals surface area contributed by atoms with Crippen molar-refractivity contribution < 1.29 is 18.3 Å². The molecule has 2 heterocycles. The number of nitrogens with one attached hydrogen (secondary N) is 1. The van der Waals surface area contributed by atoms with E-state index in [1.807, 2.05) is 0 Å². The number of para-hydroxylation sites is 2. The molecule has 0 spiro atoms. The molecule has 1 unspecified atom stereocenters. The van der Waals surface area contributed by atoms with Gasteiger partial charge in [-0.3, -0.25) is 4.90 Å². The molecule has 126 valence electrons. The van der Waals surface area contributed by atoms with Crippen molar-refractivity contribution in [2.75, 3.05) is 31.5 Å². The van der Waals surface area contributed by atoms with E-state index in [4.69, 9.17) is 0 Å². The third-order valence-corrected chi connectivity index (χ3v) is 4.45. The van der Waals surface area contributed by atoms with Crippen LogP contribution < -0.4 is 10.1 Å². The molecular weight excluding hydrogens is 304 g/mol. The summed E-state index contributed by atoms with van der Waals surface area (Å²) < 4.78 is 29.3. The zero-order valence-corrected chi connectivity index (χ0v) is 12.9. The molecule has 1 aromatic rings. The second-order valence-corrected chi connectivity index (χ2v) is 5.94. The molecule has 0 aromatic heterocycles. The standard InChI is InChI=1S/C16H21F2N3O2/c17-15(18)23-14-6-2-1-5-13(14)19-16(22)21-10-7-12(11-21)20-8-3-4-9-20/h1-2,5-6,12,15H,3-4,7-11H2,(H,19,22). The minimum Gasteiger partial charge on any atom is -0.433 e. The number of halogens is 2. The molecule has 3 rings (SSSR count). The van der Waals surface area contributed by atoms with E-state index in [0.29, 0.717) is 19.1 Å². The number of hydrogen-bond acceptors (Lipinski definition) is 3. The third kappa shape index (κ3) is 3.90. The Labute approximate surface area is 134 Å². The highest BCUT2D eigenvalue weighted by Gasteiger charge is 2.31. The first kappa shape index (κ1) is 16.0. The quantitative estimate of drug-likeness (QED) is 0.925. The molecule has 2 aliphatic rings. The molecule has 2 saturated heterocycles. The monoisotopic (exact) mass is 325 g/mol. The number of amides is 2. The van der Waals surface area contributed by atoms with Gasteiger partial charge in [0.05, 0.1) is 5.69 Å². The SMILES string of the molecule is O=C(Nc1ccccc1OC(F)F)N1CCC(N2CCCC2)C1. The molecule has 2 fully saturated rings. The molecule has 23 heavy (non-hydrogen) atoms. The van der Waals surface area contributed by atoms with Crippen LogP contribution in [0.1, 0.15) is 19.3 Å². The van der Waals surface area contributed by atoms with Crippen molar-refractivity contribution in [3.05, 3.63) is 24.3 Å². The second kappa shape index (κ2) is 7.12. The molecular formula is C16H21F2N3O2. The Balaban J connectivity index is 1.59. The molecule has 1 aromatic carbocycles. The topological polar surface area (TPSA) is 44.8 Å². The Hall–Kier alpha value is -1.89. The summed E-state index contributed by atoms with van der Waals surface area (Å²) in [6.45, 7) is 0.657. The van der Waals surface area contributed by atoms with E-state index >= 15 is 0 Å². The molecule has 2 amide bonds. The number of carbonyl (C=O) groups excluding carboxylic acids is 1. The number of carbonyl (C=O) groups is 1. The number of benzene rings is 1. The van der Waals surface area contributed by atoms with Crippen LogP contribution in [0.2, 0.25) is 0 Å². The van der Waals surface area contributed by atoms with E-state index in [1.165, 1.54) is 18.9 Å². The van der Waals surface area contributed by atoms with E-state index in [1.54, 1.807) is 23.1 Å². The van der Waals surface area contributed by atoms with Crippen LogP contribution in [0.5, 0.6) is 5.75 Å². The number of alkyl halides is 2. The van der Waals surface area contributed by atoms with Crippen molar-refractivity contribution >= 4 is 11.7 Å². The molecule has 0 saturated carbocycles. The zero-order valence-electron chi connectivity index (χ0n) is 12.9. The van der Waals surface area contributed by atoms with Crippen molar-refractivity contribution in [1.82, 2.24) is 9.80 Å². The van der Waals surface area contributed by atoms with E-state index in [-0.39, 0.29) is 17.5 Å². The normalized spacial score (nSPS) is 21.9. The summed E-state index contributed by atoms with van der Waals surface area (Å²) in [6, 6.07) is 6.38. The summed E-state index contributed by atoms with van der Waals surface area (Å²) in [7, 11) is 0. The number of hydrogen-bond donors (Lipinski definition) is 1. The molecule has 1 N–H and O–H groups in total.